The van der Waals surface area contributed by atoms with E-state index in [1.807, 2.05) is 25.1 Å². The van der Waals surface area contributed by atoms with E-state index < -0.39 is 4.92 Å². The lowest BCUT2D eigenvalue weighted by Gasteiger charge is -2.35. The molecule has 0 aromatic heterocycles. The minimum atomic E-state index is -0.523. The largest absolute Gasteiger partial charge is 0.360 e. The van der Waals surface area contributed by atoms with E-state index in [-0.39, 0.29) is 22.7 Å². The Labute approximate surface area is 150 Å². The number of fused-ring (bicyclic) bond motifs is 1. The summed E-state index contributed by atoms with van der Waals surface area (Å²) in [5.74, 6) is -0.201. The second kappa shape index (κ2) is 7.11. The maximum absolute atomic E-state index is 12.6. The van der Waals surface area contributed by atoms with Gasteiger partial charge in [-0.25, -0.2) is 0 Å². The van der Waals surface area contributed by atoms with Gasteiger partial charge in [-0.1, -0.05) is 29.8 Å². The highest BCUT2D eigenvalue weighted by molar-refractivity contribution is 6.34. The number of amides is 1. The number of non-ortho nitro benzene ring substituents is 1. The first-order valence-corrected chi connectivity index (χ1v) is 8.44. The molecule has 0 radical (unpaired) electrons. The van der Waals surface area contributed by atoms with E-state index in [0.717, 1.165) is 25.1 Å². The number of halogens is 1. The van der Waals surface area contributed by atoms with Gasteiger partial charge in [0.1, 0.15) is 6.04 Å². The van der Waals surface area contributed by atoms with E-state index in [1.165, 1.54) is 23.8 Å². The number of nitrogens with zero attached hydrogens (tertiary/aromatic N) is 2. The van der Waals surface area contributed by atoms with Crippen molar-refractivity contribution in [3.63, 3.8) is 0 Å². The summed E-state index contributed by atoms with van der Waals surface area (Å²) >= 11 is 6.06. The molecule has 1 unspecified atom stereocenters. The maximum Gasteiger partial charge on any atom is 0.271 e. The maximum atomic E-state index is 12.6. The molecule has 1 aliphatic rings. The van der Waals surface area contributed by atoms with Gasteiger partial charge in [0.15, 0.2) is 0 Å². The topological polar surface area (TPSA) is 75.5 Å². The molecule has 0 aliphatic carbocycles. The van der Waals surface area contributed by atoms with E-state index in [9.17, 15) is 14.9 Å². The van der Waals surface area contributed by atoms with Crippen LogP contribution in [-0.4, -0.2) is 23.4 Å². The van der Waals surface area contributed by atoms with Crippen LogP contribution in [0.15, 0.2) is 42.5 Å². The third-order valence-electron chi connectivity index (χ3n) is 4.41. The van der Waals surface area contributed by atoms with Crippen molar-refractivity contribution in [3.05, 3.63) is 63.2 Å². The number of nitrogens with one attached hydrogen (secondary N) is 1. The third kappa shape index (κ3) is 3.58. The predicted molar refractivity (Wildman–Crippen MR) is 98.3 cm³/mol. The molecule has 0 fully saturated rings. The molecule has 0 saturated heterocycles. The van der Waals surface area contributed by atoms with Gasteiger partial charge in [-0.3, -0.25) is 14.9 Å². The van der Waals surface area contributed by atoms with Gasteiger partial charge in [0.05, 0.1) is 15.6 Å². The molecule has 6 nitrogen and oxygen atoms in total. The van der Waals surface area contributed by atoms with Crippen molar-refractivity contribution >= 4 is 34.6 Å². The zero-order chi connectivity index (χ0) is 18.0. The number of benzene rings is 2. The van der Waals surface area contributed by atoms with E-state index in [2.05, 4.69) is 16.3 Å². The molecule has 1 aliphatic heterocycles. The Kier molecular flexibility index (Phi) is 4.90. The van der Waals surface area contributed by atoms with Crippen LogP contribution in [0.4, 0.5) is 17.1 Å². The van der Waals surface area contributed by atoms with Crippen LogP contribution in [0.1, 0.15) is 18.9 Å². The minimum absolute atomic E-state index is 0.110. The highest BCUT2D eigenvalue weighted by Gasteiger charge is 2.26. The number of carbonyl (C=O) groups is 1. The molecule has 0 spiro atoms. The number of para-hydroxylation sites is 1. The zero-order valence-electron chi connectivity index (χ0n) is 13.7. The Morgan fingerprint density at radius 2 is 2.08 bits per heavy atom. The summed E-state index contributed by atoms with van der Waals surface area (Å²) < 4.78 is 0. The third-order valence-corrected chi connectivity index (χ3v) is 4.73. The summed E-state index contributed by atoms with van der Waals surface area (Å²) in [6, 6.07) is 11.7. The van der Waals surface area contributed by atoms with Crippen molar-refractivity contribution < 1.29 is 9.72 Å². The molecular weight excluding hydrogens is 342 g/mol. The van der Waals surface area contributed by atoms with Gasteiger partial charge in [0.2, 0.25) is 5.91 Å². The van der Waals surface area contributed by atoms with Gasteiger partial charge in [-0.05, 0) is 37.5 Å². The fraction of sp³-hybridized carbons (Fsp3) is 0.278. The van der Waals surface area contributed by atoms with Gasteiger partial charge in [0, 0.05) is 24.4 Å². The number of carbonyl (C=O) groups excluding carboxylic acids is 1. The van der Waals surface area contributed by atoms with Gasteiger partial charge in [0.25, 0.3) is 5.69 Å². The predicted octanol–water partition coefficient (Wildman–Crippen LogP) is 4.03. The number of nitro benzene ring substituents is 1. The smallest absolute Gasteiger partial charge is 0.271 e. The van der Waals surface area contributed by atoms with Crippen molar-refractivity contribution in [2.24, 2.45) is 0 Å². The van der Waals surface area contributed by atoms with Crippen LogP contribution in [0.2, 0.25) is 5.02 Å². The lowest BCUT2D eigenvalue weighted by molar-refractivity contribution is -0.384. The van der Waals surface area contributed by atoms with Crippen LogP contribution in [0.25, 0.3) is 0 Å². The van der Waals surface area contributed by atoms with Crippen molar-refractivity contribution in [3.8, 4) is 0 Å². The molecule has 1 N–H and O–H groups in total. The van der Waals surface area contributed by atoms with Crippen molar-refractivity contribution in [1.82, 2.24) is 0 Å². The van der Waals surface area contributed by atoms with Crippen LogP contribution < -0.4 is 10.2 Å². The molecule has 3 rings (SSSR count). The quantitative estimate of drug-likeness (QED) is 0.660. The van der Waals surface area contributed by atoms with Crippen molar-refractivity contribution in [1.29, 1.82) is 0 Å². The monoisotopic (exact) mass is 359 g/mol. The Hall–Kier alpha value is -2.60. The second-order valence-corrected chi connectivity index (χ2v) is 6.42. The Morgan fingerprint density at radius 3 is 2.80 bits per heavy atom. The van der Waals surface area contributed by atoms with E-state index in [1.54, 1.807) is 0 Å². The van der Waals surface area contributed by atoms with E-state index in [0.29, 0.717) is 5.69 Å². The number of hydrogen-bond acceptors (Lipinski definition) is 4. The highest BCUT2D eigenvalue weighted by atomic mass is 35.5. The average Bonchev–Trinajstić information content (AvgIpc) is 2.62. The molecule has 1 amide bonds. The molecule has 1 atom stereocenters. The molecule has 0 saturated carbocycles. The normalized spacial score (nSPS) is 14.6. The number of nitro groups is 1. The summed E-state index contributed by atoms with van der Waals surface area (Å²) in [5, 5.41) is 13.7. The van der Waals surface area contributed by atoms with Crippen LogP contribution in [0, 0.1) is 10.1 Å². The molecule has 2 aromatic rings. The SMILES string of the molecule is CC(C(=O)Nc1ccc([N+](=O)[O-])cc1Cl)N1CCCc2ccccc21. The lowest BCUT2D eigenvalue weighted by Crippen LogP contribution is -2.44. The molecule has 2 aromatic carbocycles. The highest BCUT2D eigenvalue weighted by Crippen LogP contribution is 2.30. The molecule has 7 heteroatoms. The molecule has 130 valence electrons. The first-order valence-electron chi connectivity index (χ1n) is 8.06. The Balaban J connectivity index is 1.77. The van der Waals surface area contributed by atoms with Crippen LogP contribution in [-0.2, 0) is 11.2 Å². The van der Waals surface area contributed by atoms with Gasteiger partial charge in [-0.15, -0.1) is 0 Å². The minimum Gasteiger partial charge on any atom is -0.360 e. The number of anilines is 2. The average molecular weight is 360 g/mol. The van der Waals surface area contributed by atoms with E-state index >= 15 is 0 Å². The number of hydrogen-bond donors (Lipinski definition) is 1. The van der Waals surface area contributed by atoms with Crippen molar-refractivity contribution in [2.45, 2.75) is 25.8 Å². The van der Waals surface area contributed by atoms with Crippen LogP contribution in [0.3, 0.4) is 0 Å². The zero-order valence-corrected chi connectivity index (χ0v) is 14.5. The molecule has 25 heavy (non-hydrogen) atoms. The Bertz CT molecular complexity index is 825. The second-order valence-electron chi connectivity index (χ2n) is 6.01. The number of aryl methyl sites for hydroxylation is 1. The first-order chi connectivity index (χ1) is 12.0. The lowest BCUT2D eigenvalue weighted by atomic mass is 10.00. The Morgan fingerprint density at radius 1 is 1.32 bits per heavy atom. The summed E-state index contributed by atoms with van der Waals surface area (Å²) in [7, 11) is 0. The van der Waals surface area contributed by atoms with Gasteiger partial charge in [-0.2, -0.15) is 0 Å². The molecule has 0 bridgehead atoms. The summed E-state index contributed by atoms with van der Waals surface area (Å²) in [6.45, 7) is 2.65. The fourth-order valence-corrected chi connectivity index (χ4v) is 3.28. The standard InChI is InChI=1S/C18H18ClN3O3/c1-12(21-10-4-6-13-5-2-3-7-17(13)21)18(23)20-16-9-8-14(22(24)25)11-15(16)19/h2-3,5,7-9,11-12H,4,6,10H2,1H3,(H,20,23). The molecule has 1 heterocycles. The number of rotatable bonds is 4. The van der Waals surface area contributed by atoms with Gasteiger partial charge >= 0.3 is 0 Å². The summed E-state index contributed by atoms with van der Waals surface area (Å²) in [5.41, 5.74) is 2.57. The first kappa shape index (κ1) is 17.2. The molecular formula is C18H18ClN3O3. The summed E-state index contributed by atoms with van der Waals surface area (Å²) in [4.78, 5) is 25.0. The van der Waals surface area contributed by atoms with Crippen molar-refractivity contribution in [2.75, 3.05) is 16.8 Å². The van der Waals surface area contributed by atoms with E-state index in [4.69, 9.17) is 11.6 Å². The van der Waals surface area contributed by atoms with Crippen LogP contribution >= 0.6 is 11.6 Å². The van der Waals surface area contributed by atoms with Crippen LogP contribution in [0.5, 0.6) is 0 Å². The summed E-state index contributed by atoms with van der Waals surface area (Å²) in [6.07, 6.45) is 2.00. The fourth-order valence-electron chi connectivity index (χ4n) is 3.06. The van der Waals surface area contributed by atoms with Gasteiger partial charge < -0.3 is 10.2 Å².